The first-order valence-electron chi connectivity index (χ1n) is 8.40. The Kier molecular flexibility index (Phi) is 4.09. The van der Waals surface area contributed by atoms with E-state index >= 15 is 0 Å². The molecule has 1 aliphatic heterocycles. The summed E-state index contributed by atoms with van der Waals surface area (Å²) in [6.07, 6.45) is 3.84. The molecule has 2 aromatic heterocycles. The number of piperidine rings is 1. The molecule has 1 N–H and O–H groups in total. The number of aromatic nitrogens is 1. The standard InChI is InChI=1S/C19H20N4S/c1-23-7-3-2-4-14(23)10-21-19-17-12-24-11-16(17)15-6-5-13(9-20)8-18(15)22-19/h5-6,8,11-12,14H,2-4,7,10H2,1H3,(H,21,22). The van der Waals surface area contributed by atoms with E-state index in [4.69, 9.17) is 10.2 Å². The number of nitriles is 1. The number of likely N-dealkylation sites (N-methyl/N-ethyl adjacent to an activating group) is 1. The quantitative estimate of drug-likeness (QED) is 0.778. The molecule has 0 amide bonds. The first-order chi connectivity index (χ1) is 11.8. The summed E-state index contributed by atoms with van der Waals surface area (Å²) in [6, 6.07) is 8.52. The Hall–Kier alpha value is -2.16. The topological polar surface area (TPSA) is 52.0 Å². The van der Waals surface area contributed by atoms with Gasteiger partial charge in [0, 0.05) is 34.1 Å². The van der Waals surface area contributed by atoms with Crippen LogP contribution in [0.5, 0.6) is 0 Å². The maximum atomic E-state index is 9.15. The van der Waals surface area contributed by atoms with Gasteiger partial charge in [-0.3, -0.25) is 0 Å². The summed E-state index contributed by atoms with van der Waals surface area (Å²) in [5.41, 5.74) is 1.54. The number of rotatable bonds is 3. The number of likely N-dealkylation sites (tertiary alicyclic amines) is 1. The lowest BCUT2D eigenvalue weighted by atomic mass is 10.0. The van der Waals surface area contributed by atoms with Gasteiger partial charge in [-0.05, 0) is 43.9 Å². The lowest BCUT2D eigenvalue weighted by molar-refractivity contribution is 0.194. The summed E-state index contributed by atoms with van der Waals surface area (Å²) in [4.78, 5) is 7.26. The van der Waals surface area contributed by atoms with Crippen molar-refractivity contribution < 1.29 is 0 Å². The van der Waals surface area contributed by atoms with Crippen LogP contribution in [0.3, 0.4) is 0 Å². The largest absolute Gasteiger partial charge is 0.368 e. The van der Waals surface area contributed by atoms with E-state index in [9.17, 15) is 0 Å². The van der Waals surface area contributed by atoms with E-state index in [1.807, 2.05) is 18.2 Å². The molecular weight excluding hydrogens is 316 g/mol. The van der Waals surface area contributed by atoms with Gasteiger partial charge in [0.05, 0.1) is 17.1 Å². The van der Waals surface area contributed by atoms with E-state index in [0.29, 0.717) is 11.6 Å². The zero-order chi connectivity index (χ0) is 16.5. The fraction of sp³-hybridized carbons (Fsp3) is 0.368. The highest BCUT2D eigenvalue weighted by Gasteiger charge is 2.19. The first-order valence-corrected chi connectivity index (χ1v) is 9.34. The second-order valence-corrected chi connectivity index (χ2v) is 7.26. The molecule has 24 heavy (non-hydrogen) atoms. The lowest BCUT2D eigenvalue weighted by Gasteiger charge is -2.32. The molecule has 4 rings (SSSR count). The third-order valence-electron chi connectivity index (χ3n) is 4.99. The highest BCUT2D eigenvalue weighted by Crippen LogP contribution is 2.32. The number of nitrogens with zero attached hydrogens (tertiary/aromatic N) is 3. The Morgan fingerprint density at radius 1 is 1.29 bits per heavy atom. The number of pyridine rings is 1. The summed E-state index contributed by atoms with van der Waals surface area (Å²) in [6.45, 7) is 2.09. The molecule has 1 fully saturated rings. The van der Waals surface area contributed by atoms with Gasteiger partial charge in [-0.1, -0.05) is 12.5 Å². The number of thiophene rings is 1. The van der Waals surface area contributed by atoms with Gasteiger partial charge in [-0.15, -0.1) is 0 Å². The number of nitrogens with one attached hydrogen (secondary N) is 1. The molecular formula is C19H20N4S. The molecule has 0 bridgehead atoms. The fourth-order valence-electron chi connectivity index (χ4n) is 3.54. The molecule has 1 aromatic carbocycles. The average Bonchev–Trinajstić information content (AvgIpc) is 3.10. The third kappa shape index (κ3) is 2.72. The van der Waals surface area contributed by atoms with Crippen molar-refractivity contribution in [2.75, 3.05) is 25.5 Å². The summed E-state index contributed by atoms with van der Waals surface area (Å²) in [5.74, 6) is 0.938. The summed E-state index contributed by atoms with van der Waals surface area (Å²) in [7, 11) is 2.21. The number of hydrogen-bond donors (Lipinski definition) is 1. The molecule has 4 nitrogen and oxygen atoms in total. The molecule has 0 aliphatic carbocycles. The molecule has 1 aliphatic rings. The third-order valence-corrected chi connectivity index (χ3v) is 5.74. The molecule has 5 heteroatoms. The fourth-order valence-corrected chi connectivity index (χ4v) is 4.38. The van der Waals surface area contributed by atoms with Crippen LogP contribution in [0.1, 0.15) is 24.8 Å². The minimum Gasteiger partial charge on any atom is -0.368 e. The van der Waals surface area contributed by atoms with E-state index in [1.165, 1.54) is 36.6 Å². The van der Waals surface area contributed by atoms with Crippen LogP contribution in [0.4, 0.5) is 5.82 Å². The van der Waals surface area contributed by atoms with Crippen molar-refractivity contribution in [3.8, 4) is 6.07 Å². The molecule has 1 atom stereocenters. The van der Waals surface area contributed by atoms with Gasteiger partial charge >= 0.3 is 0 Å². The van der Waals surface area contributed by atoms with Crippen molar-refractivity contribution in [3.63, 3.8) is 0 Å². The zero-order valence-corrected chi connectivity index (χ0v) is 14.6. The van der Waals surface area contributed by atoms with E-state index in [2.05, 4.69) is 34.1 Å². The van der Waals surface area contributed by atoms with Crippen LogP contribution in [0.15, 0.2) is 29.0 Å². The minimum absolute atomic E-state index is 0.565. The monoisotopic (exact) mass is 336 g/mol. The van der Waals surface area contributed by atoms with Crippen molar-refractivity contribution in [2.24, 2.45) is 0 Å². The van der Waals surface area contributed by atoms with Crippen LogP contribution in [0.25, 0.3) is 21.7 Å². The van der Waals surface area contributed by atoms with Crippen molar-refractivity contribution in [3.05, 3.63) is 34.5 Å². The second kappa shape index (κ2) is 6.39. The molecule has 122 valence electrons. The predicted molar refractivity (Wildman–Crippen MR) is 101 cm³/mol. The van der Waals surface area contributed by atoms with E-state index in [0.717, 1.165) is 23.3 Å². The van der Waals surface area contributed by atoms with Crippen LogP contribution in [-0.2, 0) is 0 Å². The minimum atomic E-state index is 0.565. The molecule has 1 saturated heterocycles. The van der Waals surface area contributed by atoms with E-state index in [1.54, 1.807) is 11.3 Å². The first kappa shape index (κ1) is 15.4. The Labute approximate surface area is 145 Å². The lowest BCUT2D eigenvalue weighted by Crippen LogP contribution is -2.40. The van der Waals surface area contributed by atoms with E-state index < -0.39 is 0 Å². The second-order valence-electron chi connectivity index (χ2n) is 6.51. The maximum Gasteiger partial charge on any atom is 0.135 e. The van der Waals surface area contributed by atoms with Crippen LogP contribution in [-0.4, -0.2) is 36.1 Å². The SMILES string of the molecule is CN1CCCCC1CNc1nc2cc(C#N)ccc2c2cscc12. The summed E-state index contributed by atoms with van der Waals surface area (Å²) >= 11 is 1.70. The smallest absolute Gasteiger partial charge is 0.135 e. The van der Waals surface area contributed by atoms with Gasteiger partial charge in [-0.25, -0.2) is 4.98 Å². The molecule has 1 unspecified atom stereocenters. The maximum absolute atomic E-state index is 9.15. The van der Waals surface area contributed by atoms with Gasteiger partial charge in [0.2, 0.25) is 0 Å². The number of benzene rings is 1. The highest BCUT2D eigenvalue weighted by molar-refractivity contribution is 7.09. The molecule has 0 saturated carbocycles. The van der Waals surface area contributed by atoms with Crippen LogP contribution in [0, 0.1) is 11.3 Å². The van der Waals surface area contributed by atoms with Gasteiger partial charge in [-0.2, -0.15) is 16.6 Å². The summed E-state index contributed by atoms with van der Waals surface area (Å²) < 4.78 is 0. The number of hydrogen-bond acceptors (Lipinski definition) is 5. The molecule has 3 heterocycles. The highest BCUT2D eigenvalue weighted by atomic mass is 32.1. The van der Waals surface area contributed by atoms with Crippen molar-refractivity contribution in [2.45, 2.75) is 25.3 Å². The number of anilines is 1. The van der Waals surface area contributed by atoms with E-state index in [-0.39, 0.29) is 0 Å². The van der Waals surface area contributed by atoms with Crippen LogP contribution < -0.4 is 5.32 Å². The Morgan fingerprint density at radius 3 is 3.00 bits per heavy atom. The molecule has 0 radical (unpaired) electrons. The van der Waals surface area contributed by atoms with Crippen molar-refractivity contribution in [1.29, 1.82) is 5.26 Å². The van der Waals surface area contributed by atoms with Gasteiger partial charge < -0.3 is 10.2 Å². The van der Waals surface area contributed by atoms with Crippen molar-refractivity contribution in [1.82, 2.24) is 9.88 Å². The van der Waals surface area contributed by atoms with Gasteiger partial charge in [0.1, 0.15) is 5.82 Å². The summed E-state index contributed by atoms with van der Waals surface area (Å²) in [5, 5.41) is 20.6. The Bertz CT molecular complexity index is 924. The van der Waals surface area contributed by atoms with Crippen LogP contribution in [0.2, 0.25) is 0 Å². The number of fused-ring (bicyclic) bond motifs is 3. The van der Waals surface area contributed by atoms with Gasteiger partial charge in [0.15, 0.2) is 0 Å². The van der Waals surface area contributed by atoms with Crippen LogP contribution >= 0.6 is 11.3 Å². The normalized spacial score (nSPS) is 18.8. The van der Waals surface area contributed by atoms with Gasteiger partial charge in [0.25, 0.3) is 0 Å². The Balaban J connectivity index is 1.70. The molecule has 0 spiro atoms. The zero-order valence-electron chi connectivity index (χ0n) is 13.7. The van der Waals surface area contributed by atoms with Crippen molar-refractivity contribution >= 4 is 38.8 Å². The predicted octanol–water partition coefficient (Wildman–Crippen LogP) is 4.22. The molecule has 3 aromatic rings. The Morgan fingerprint density at radius 2 is 2.17 bits per heavy atom. The average molecular weight is 336 g/mol.